The Balaban J connectivity index is 2.18. The lowest BCUT2D eigenvalue weighted by molar-refractivity contribution is 0.0600. The van der Waals surface area contributed by atoms with Crippen LogP contribution in [0.4, 0.5) is 0 Å². The molecule has 0 saturated heterocycles. The van der Waals surface area contributed by atoms with Crippen molar-refractivity contribution in [3.8, 4) is 11.3 Å². The van der Waals surface area contributed by atoms with E-state index in [-0.39, 0.29) is 5.97 Å². The number of H-pyrrole nitrogens is 1. The van der Waals surface area contributed by atoms with Gasteiger partial charge in [-0.25, -0.2) is 4.79 Å². The first-order chi connectivity index (χ1) is 8.81. The summed E-state index contributed by atoms with van der Waals surface area (Å²) in [6, 6.07) is 8.36. The van der Waals surface area contributed by atoms with Gasteiger partial charge in [-0.05, 0) is 30.4 Å². The largest absolute Gasteiger partial charge is 0.465 e. The summed E-state index contributed by atoms with van der Waals surface area (Å²) in [5.74, 6) is -0.258. The van der Waals surface area contributed by atoms with Crippen molar-refractivity contribution >= 4 is 5.97 Å². The summed E-state index contributed by atoms with van der Waals surface area (Å²) in [5, 5.41) is 0. The van der Waals surface area contributed by atoms with Crippen LogP contribution in [0.3, 0.4) is 0 Å². The highest BCUT2D eigenvalue weighted by atomic mass is 16.5. The Hall–Kier alpha value is -2.03. The van der Waals surface area contributed by atoms with Gasteiger partial charge in [-0.3, -0.25) is 0 Å². The number of hydrogen-bond acceptors (Lipinski definition) is 2. The van der Waals surface area contributed by atoms with E-state index in [1.54, 1.807) is 6.20 Å². The first kappa shape index (κ1) is 11.1. The van der Waals surface area contributed by atoms with Crippen LogP contribution in [0, 0.1) is 0 Å². The fourth-order valence-corrected chi connectivity index (χ4v) is 2.68. The van der Waals surface area contributed by atoms with Gasteiger partial charge < -0.3 is 9.72 Å². The maximum absolute atomic E-state index is 11.7. The summed E-state index contributed by atoms with van der Waals surface area (Å²) in [4.78, 5) is 15.0. The monoisotopic (exact) mass is 241 g/mol. The van der Waals surface area contributed by atoms with Gasteiger partial charge in [0.15, 0.2) is 0 Å². The van der Waals surface area contributed by atoms with Crippen LogP contribution in [-0.2, 0) is 17.6 Å². The van der Waals surface area contributed by atoms with E-state index in [1.807, 2.05) is 6.07 Å². The van der Waals surface area contributed by atoms with Gasteiger partial charge in [0.1, 0.15) is 0 Å². The Kier molecular flexibility index (Phi) is 2.67. The minimum absolute atomic E-state index is 0.258. The van der Waals surface area contributed by atoms with Gasteiger partial charge in [-0.2, -0.15) is 0 Å². The summed E-state index contributed by atoms with van der Waals surface area (Å²) in [6.45, 7) is 0. The second-order valence-electron chi connectivity index (χ2n) is 4.56. The molecule has 0 saturated carbocycles. The molecule has 1 aromatic carbocycles. The van der Waals surface area contributed by atoms with Crippen molar-refractivity contribution in [1.82, 2.24) is 4.98 Å². The fraction of sp³-hybridized carbons (Fsp3) is 0.267. The maximum Gasteiger partial charge on any atom is 0.339 e. The van der Waals surface area contributed by atoms with Crippen molar-refractivity contribution < 1.29 is 9.53 Å². The third-order valence-electron chi connectivity index (χ3n) is 3.55. The van der Waals surface area contributed by atoms with Crippen LogP contribution in [0.15, 0.2) is 30.5 Å². The molecule has 3 rings (SSSR count). The number of ether oxygens (including phenoxy) is 1. The van der Waals surface area contributed by atoms with Crippen LogP contribution in [-0.4, -0.2) is 18.1 Å². The standard InChI is InChI=1S/C15H15NO2/c1-18-15(17)13-9-16-14-11-7-3-2-5-10(11)6-4-8-12(13)14/h2-3,5,7,9,16H,4,6,8H2,1H3. The van der Waals surface area contributed by atoms with Crippen molar-refractivity contribution in [1.29, 1.82) is 0 Å². The van der Waals surface area contributed by atoms with Gasteiger partial charge in [0.2, 0.25) is 0 Å². The molecule has 0 radical (unpaired) electrons. The van der Waals surface area contributed by atoms with E-state index in [4.69, 9.17) is 4.74 Å². The van der Waals surface area contributed by atoms with Gasteiger partial charge in [0.25, 0.3) is 0 Å². The molecular weight excluding hydrogens is 226 g/mol. The number of esters is 1. The maximum atomic E-state index is 11.7. The minimum atomic E-state index is -0.258. The number of aromatic nitrogens is 1. The molecule has 92 valence electrons. The quantitative estimate of drug-likeness (QED) is 0.780. The second-order valence-corrected chi connectivity index (χ2v) is 4.56. The molecule has 0 fully saturated rings. The van der Waals surface area contributed by atoms with Gasteiger partial charge in [-0.1, -0.05) is 24.3 Å². The van der Waals surface area contributed by atoms with Crippen LogP contribution in [0.5, 0.6) is 0 Å². The summed E-state index contributed by atoms with van der Waals surface area (Å²) in [5.41, 5.74) is 5.38. The molecule has 0 spiro atoms. The van der Waals surface area contributed by atoms with Crippen molar-refractivity contribution in [3.63, 3.8) is 0 Å². The average Bonchev–Trinajstić information content (AvgIpc) is 2.74. The molecule has 0 atom stereocenters. The van der Waals surface area contributed by atoms with E-state index in [1.165, 1.54) is 18.2 Å². The van der Waals surface area contributed by atoms with Crippen molar-refractivity contribution in [2.45, 2.75) is 19.3 Å². The molecule has 0 aliphatic heterocycles. The molecule has 3 heteroatoms. The molecule has 2 aromatic rings. The SMILES string of the molecule is COC(=O)c1c[nH]c2c1CCCc1ccccc1-2. The average molecular weight is 241 g/mol. The Labute approximate surface area is 106 Å². The highest BCUT2D eigenvalue weighted by molar-refractivity contribution is 5.93. The molecule has 0 unspecified atom stereocenters. The molecular formula is C15H15NO2. The van der Waals surface area contributed by atoms with E-state index < -0.39 is 0 Å². The first-order valence-electron chi connectivity index (χ1n) is 6.18. The number of aromatic amines is 1. The van der Waals surface area contributed by atoms with Gasteiger partial charge in [-0.15, -0.1) is 0 Å². The number of carbonyl (C=O) groups excluding carboxylic acids is 1. The summed E-state index contributed by atoms with van der Waals surface area (Å²) in [7, 11) is 1.42. The molecule has 0 bridgehead atoms. The number of rotatable bonds is 1. The number of hydrogen-bond donors (Lipinski definition) is 1. The summed E-state index contributed by atoms with van der Waals surface area (Å²) in [6.07, 6.45) is 4.79. The minimum Gasteiger partial charge on any atom is -0.465 e. The van der Waals surface area contributed by atoms with Crippen molar-refractivity contribution in [3.05, 3.63) is 47.2 Å². The molecule has 3 nitrogen and oxygen atoms in total. The molecule has 18 heavy (non-hydrogen) atoms. The number of nitrogens with one attached hydrogen (secondary N) is 1. The van der Waals surface area contributed by atoms with E-state index >= 15 is 0 Å². The molecule has 1 aliphatic rings. The summed E-state index contributed by atoms with van der Waals surface area (Å²) >= 11 is 0. The molecule has 1 aliphatic carbocycles. The third kappa shape index (κ3) is 1.63. The topological polar surface area (TPSA) is 42.1 Å². The first-order valence-corrected chi connectivity index (χ1v) is 6.18. The Morgan fingerprint density at radius 1 is 1.28 bits per heavy atom. The zero-order valence-corrected chi connectivity index (χ0v) is 10.3. The molecule has 0 amide bonds. The Morgan fingerprint density at radius 3 is 2.94 bits per heavy atom. The van der Waals surface area contributed by atoms with Crippen molar-refractivity contribution in [2.24, 2.45) is 0 Å². The zero-order valence-electron chi connectivity index (χ0n) is 10.3. The van der Waals surface area contributed by atoms with Crippen LogP contribution in [0.1, 0.15) is 27.9 Å². The lowest BCUT2D eigenvalue weighted by Gasteiger charge is -2.05. The van der Waals surface area contributed by atoms with E-state index in [2.05, 4.69) is 23.2 Å². The lowest BCUT2D eigenvalue weighted by atomic mass is 10.0. The number of fused-ring (bicyclic) bond motifs is 3. The predicted octanol–water partition coefficient (Wildman–Crippen LogP) is 2.96. The molecule has 1 heterocycles. The van der Waals surface area contributed by atoms with E-state index in [9.17, 15) is 4.79 Å². The zero-order chi connectivity index (χ0) is 12.5. The molecule has 1 aromatic heterocycles. The van der Waals surface area contributed by atoms with Gasteiger partial charge in [0, 0.05) is 17.5 Å². The number of carbonyl (C=O) groups is 1. The second kappa shape index (κ2) is 4.33. The summed E-state index contributed by atoms with van der Waals surface area (Å²) < 4.78 is 4.83. The van der Waals surface area contributed by atoms with Gasteiger partial charge in [0.05, 0.1) is 12.7 Å². The Morgan fingerprint density at radius 2 is 2.11 bits per heavy atom. The van der Waals surface area contributed by atoms with Gasteiger partial charge >= 0.3 is 5.97 Å². The van der Waals surface area contributed by atoms with E-state index in [0.29, 0.717) is 5.56 Å². The number of benzene rings is 1. The third-order valence-corrected chi connectivity index (χ3v) is 3.55. The van der Waals surface area contributed by atoms with E-state index in [0.717, 1.165) is 30.5 Å². The van der Waals surface area contributed by atoms with Crippen LogP contribution in [0.2, 0.25) is 0 Å². The van der Waals surface area contributed by atoms with Crippen LogP contribution in [0.25, 0.3) is 11.3 Å². The number of methoxy groups -OCH3 is 1. The highest BCUT2D eigenvalue weighted by Gasteiger charge is 2.22. The normalized spacial score (nSPS) is 13.4. The fourth-order valence-electron chi connectivity index (χ4n) is 2.68. The van der Waals surface area contributed by atoms with Crippen molar-refractivity contribution in [2.75, 3.05) is 7.11 Å². The Bertz CT molecular complexity index is 598. The van der Waals surface area contributed by atoms with Crippen LogP contribution < -0.4 is 0 Å². The lowest BCUT2D eigenvalue weighted by Crippen LogP contribution is -2.03. The predicted molar refractivity (Wildman–Crippen MR) is 69.6 cm³/mol. The number of aryl methyl sites for hydroxylation is 1. The highest BCUT2D eigenvalue weighted by Crippen LogP contribution is 2.33. The van der Waals surface area contributed by atoms with Crippen LogP contribution >= 0.6 is 0 Å². The molecule has 1 N–H and O–H groups in total. The smallest absolute Gasteiger partial charge is 0.339 e.